The van der Waals surface area contributed by atoms with Gasteiger partial charge in [0.05, 0.1) is 86.0 Å². The lowest BCUT2D eigenvalue weighted by Gasteiger charge is -2.34. The number of aromatic nitrogens is 8. The summed E-state index contributed by atoms with van der Waals surface area (Å²) in [4.78, 5) is 80.8. The van der Waals surface area contributed by atoms with Crippen LogP contribution >= 0.6 is 0 Å². The van der Waals surface area contributed by atoms with Gasteiger partial charge in [-0.2, -0.15) is 9.59 Å². The van der Waals surface area contributed by atoms with Crippen LogP contribution in [0.1, 0.15) is 91.0 Å². The summed E-state index contributed by atoms with van der Waals surface area (Å²) >= 11 is 0. The average Bonchev–Trinajstić information content (AvgIpc) is 1.69. The van der Waals surface area contributed by atoms with Crippen LogP contribution in [0.3, 0.4) is 0 Å². The van der Waals surface area contributed by atoms with Gasteiger partial charge in [0, 0.05) is 37.3 Å². The number of hydrogen-bond donors (Lipinski definition) is 8. The minimum Gasteiger partial charge on any atom is -0.497 e. The number of fused-ring (bicyclic) bond motifs is 1. The number of aliphatic hydroxyl groups is 2. The molecular weight excluding hydrogens is 1300 g/mol. The van der Waals surface area contributed by atoms with E-state index in [0.717, 1.165) is 33.4 Å². The minimum atomic E-state index is -1.22. The molecule has 2 fully saturated rings. The molecule has 9 atom stereocenters. The molecule has 0 spiro atoms. The van der Waals surface area contributed by atoms with Gasteiger partial charge in [0.1, 0.15) is 35.3 Å². The average molecular weight is 1390 g/mol. The maximum absolute atomic E-state index is 13.8. The van der Waals surface area contributed by atoms with Gasteiger partial charge in [-0.1, -0.05) is 114 Å². The SMILES string of the molecule is COC(=O)NC(C(=O)NN(Cc1ccc(-c2nnn(C)n2)cc1)C[C@H](O)[C@H](Cc1ccc(OC)cc1)NC(=O)OC(C)(C)C)C(C)(C)C.COC(=O)NC(C(=O)NN(Cc1ccc(-c2nnn(C)n2)cc1)C[C@H](O)[C@H](Cc1ccc(OC)cc1)NC(=O)O[C@H]1CO[C@H]2OCC[C@H]21)C(C)(C)C. The van der Waals surface area contributed by atoms with Crippen molar-refractivity contribution in [3.05, 3.63) is 119 Å². The van der Waals surface area contributed by atoms with Crippen LogP contribution in [-0.2, 0) is 78.0 Å². The number of nitrogens with one attached hydrogen (secondary N) is 6. The zero-order valence-electron chi connectivity index (χ0n) is 59.4. The Hall–Kier alpha value is -9.60. The number of aliphatic hydroxyl groups excluding tert-OH is 2. The summed E-state index contributed by atoms with van der Waals surface area (Å²) in [7, 11) is 8.93. The number of aryl methyl sites for hydroxylation is 2. The molecule has 2 aliphatic heterocycles. The van der Waals surface area contributed by atoms with Crippen LogP contribution in [0.25, 0.3) is 22.8 Å². The zero-order chi connectivity index (χ0) is 73.1. The molecule has 0 saturated carbocycles. The van der Waals surface area contributed by atoms with Crippen molar-refractivity contribution >= 4 is 36.2 Å². The molecule has 4 aromatic carbocycles. The maximum Gasteiger partial charge on any atom is 0.407 e. The molecular formula is C68H96N16O16. The number of amides is 6. The number of benzene rings is 4. The van der Waals surface area contributed by atoms with Crippen molar-refractivity contribution < 1.29 is 76.9 Å². The van der Waals surface area contributed by atoms with E-state index in [0.29, 0.717) is 36.2 Å². The van der Waals surface area contributed by atoms with E-state index in [2.05, 4.69) is 62.9 Å². The molecule has 32 nitrogen and oxygen atoms in total. The standard InChI is InChI=1S/C35H48N8O9.C33H48N8O7/c1-35(2,3)29(37-33(46)49-6)31(45)40-43(18-22-7-11-23(12-8-22)30-38-41-42(4)39-30)19-27(44)26(17-21-9-13-24(48-5)14-10-21)36-34(47)52-28-20-51-32-25(28)15-16-50-32;1-32(2,3)27(35-30(44)47-9)29(43)38-41(19-22-10-14-23(15-11-22)28-36-39-40(7)37-28)20-26(42)25(34-31(45)48-33(4,5)6)18-21-12-16-24(46-8)17-13-21/h7-14,25-29,32,44H,15-20H2,1-6H3,(H,36,47)(H,37,46)(H,40,45);10-17,25-27,42H,18-20H2,1-9H3,(H,34,45)(H,35,44)(H,38,43)/t25-,26-,27-,28-,29?,32+;25-,26-,27?/m00/s1. The highest BCUT2D eigenvalue weighted by molar-refractivity contribution is 5.86. The fourth-order valence-corrected chi connectivity index (χ4v) is 10.8. The number of ether oxygens (including phenoxy) is 8. The topological polar surface area (TPSA) is 383 Å². The molecule has 6 amide bonds. The Kier molecular flexibility index (Phi) is 27.6. The molecule has 2 aliphatic rings. The Morgan fingerprint density at radius 3 is 1.31 bits per heavy atom. The van der Waals surface area contributed by atoms with Gasteiger partial charge in [-0.05, 0) is 108 Å². The van der Waals surface area contributed by atoms with E-state index in [1.54, 1.807) is 120 Å². The van der Waals surface area contributed by atoms with Crippen molar-refractivity contribution in [1.29, 1.82) is 0 Å². The van der Waals surface area contributed by atoms with Crippen LogP contribution < -0.4 is 41.6 Å². The van der Waals surface area contributed by atoms with E-state index in [-0.39, 0.29) is 51.5 Å². The van der Waals surface area contributed by atoms with Crippen molar-refractivity contribution in [2.75, 3.05) is 54.7 Å². The first kappa shape index (κ1) is 77.7. The molecule has 0 radical (unpaired) electrons. The predicted octanol–water partition coefficient (Wildman–Crippen LogP) is 4.94. The fraction of sp³-hybridized carbons (Fsp3) is 0.529. The summed E-state index contributed by atoms with van der Waals surface area (Å²) in [5.74, 6) is 1.13. The minimum absolute atomic E-state index is 0.0631. The van der Waals surface area contributed by atoms with E-state index < -0.39 is 101 Å². The molecule has 2 aromatic heterocycles. The first-order valence-corrected chi connectivity index (χ1v) is 32.6. The molecule has 0 aliphatic carbocycles. The maximum atomic E-state index is 13.8. The van der Waals surface area contributed by atoms with Crippen molar-refractivity contribution in [2.45, 2.75) is 149 Å². The Balaban J connectivity index is 0.000000282. The lowest BCUT2D eigenvalue weighted by atomic mass is 9.86. The Labute approximate surface area is 581 Å². The number of tetrazole rings is 2. The lowest BCUT2D eigenvalue weighted by molar-refractivity contribution is -0.132. The van der Waals surface area contributed by atoms with Crippen LogP contribution in [0.4, 0.5) is 19.2 Å². The van der Waals surface area contributed by atoms with E-state index in [1.165, 1.54) is 28.8 Å². The molecule has 8 rings (SSSR count). The molecule has 32 heteroatoms. The summed E-state index contributed by atoms with van der Waals surface area (Å²) in [5, 5.41) is 61.8. The number of rotatable bonds is 27. The molecule has 8 N–H and O–H groups in total. The molecule has 0 bridgehead atoms. The molecule has 544 valence electrons. The highest BCUT2D eigenvalue weighted by Crippen LogP contribution is 2.33. The van der Waals surface area contributed by atoms with Crippen LogP contribution in [0.2, 0.25) is 0 Å². The number of carbonyl (C=O) groups excluding carboxylic acids is 6. The summed E-state index contributed by atoms with van der Waals surface area (Å²) < 4.78 is 42.5. The second-order valence-corrected chi connectivity index (χ2v) is 27.4. The molecule has 6 aromatic rings. The number of alkyl carbamates (subject to hydrolysis) is 4. The van der Waals surface area contributed by atoms with Gasteiger partial charge in [0.2, 0.25) is 11.6 Å². The van der Waals surface area contributed by atoms with Gasteiger partial charge in [0.15, 0.2) is 6.29 Å². The van der Waals surface area contributed by atoms with Gasteiger partial charge >= 0.3 is 24.4 Å². The first-order valence-electron chi connectivity index (χ1n) is 32.6. The van der Waals surface area contributed by atoms with E-state index in [1.807, 2.05) is 72.8 Å². The highest BCUT2D eigenvalue weighted by atomic mass is 16.7. The number of methoxy groups -OCH3 is 4. The molecule has 2 saturated heterocycles. The lowest BCUT2D eigenvalue weighted by Crippen LogP contribution is -2.59. The number of carbonyl (C=O) groups is 6. The second-order valence-electron chi connectivity index (χ2n) is 27.4. The van der Waals surface area contributed by atoms with E-state index in [4.69, 9.17) is 37.9 Å². The summed E-state index contributed by atoms with van der Waals surface area (Å²) in [5.41, 5.74) is 8.31. The van der Waals surface area contributed by atoms with Crippen LogP contribution in [-0.4, -0.2) is 206 Å². The van der Waals surface area contributed by atoms with Crippen LogP contribution in [0.15, 0.2) is 97.1 Å². The van der Waals surface area contributed by atoms with Crippen molar-refractivity contribution in [2.24, 2.45) is 30.8 Å². The summed E-state index contributed by atoms with van der Waals surface area (Å²) in [6, 6.07) is 25.6. The van der Waals surface area contributed by atoms with Gasteiger partial charge in [-0.15, -0.1) is 20.4 Å². The number of hydrogen-bond acceptors (Lipinski definition) is 24. The number of hydrazine groups is 2. The quantitative estimate of drug-likeness (QED) is 0.0250. The van der Waals surface area contributed by atoms with E-state index >= 15 is 0 Å². The zero-order valence-corrected chi connectivity index (χ0v) is 59.4. The summed E-state index contributed by atoms with van der Waals surface area (Å²) in [6.07, 6.45) is -5.03. The van der Waals surface area contributed by atoms with Gasteiger partial charge < -0.3 is 69.4 Å². The van der Waals surface area contributed by atoms with Crippen LogP contribution in [0.5, 0.6) is 11.5 Å². The van der Waals surface area contributed by atoms with E-state index in [9.17, 15) is 39.0 Å². The Morgan fingerprint density at radius 1 is 0.550 bits per heavy atom. The van der Waals surface area contributed by atoms with Crippen molar-refractivity contribution in [3.8, 4) is 34.3 Å². The van der Waals surface area contributed by atoms with Gasteiger partial charge in [0.25, 0.3) is 11.8 Å². The van der Waals surface area contributed by atoms with Crippen LogP contribution in [0, 0.1) is 16.7 Å². The normalized spacial score (nSPS) is 17.0. The first-order chi connectivity index (χ1) is 47.3. The number of nitrogens with zero attached hydrogens (tertiary/aromatic N) is 10. The third kappa shape index (κ3) is 23.8. The Morgan fingerprint density at radius 2 is 0.950 bits per heavy atom. The Bertz CT molecular complexity index is 3620. The van der Waals surface area contributed by atoms with Gasteiger partial charge in [-0.25, -0.2) is 29.2 Å². The van der Waals surface area contributed by atoms with Crippen molar-refractivity contribution in [1.82, 2.24) is 82.6 Å². The second kappa shape index (κ2) is 35.4. The smallest absolute Gasteiger partial charge is 0.407 e. The predicted molar refractivity (Wildman–Crippen MR) is 363 cm³/mol. The third-order valence-corrected chi connectivity index (χ3v) is 16.1. The largest absolute Gasteiger partial charge is 0.497 e. The fourth-order valence-electron chi connectivity index (χ4n) is 10.8. The van der Waals surface area contributed by atoms with Crippen molar-refractivity contribution in [3.63, 3.8) is 0 Å². The monoisotopic (exact) mass is 1390 g/mol. The molecule has 100 heavy (non-hydrogen) atoms. The van der Waals surface area contributed by atoms with Gasteiger partial charge in [-0.3, -0.25) is 20.4 Å². The molecule has 4 heterocycles. The highest BCUT2D eigenvalue weighted by Gasteiger charge is 2.44. The third-order valence-electron chi connectivity index (χ3n) is 16.1. The molecule has 2 unspecified atom stereocenters. The summed E-state index contributed by atoms with van der Waals surface area (Å²) in [6.45, 7) is 16.9.